The number of likely N-dealkylation sites (tertiary alicyclic amines) is 1. The van der Waals surface area contributed by atoms with Gasteiger partial charge in [-0.05, 0) is 55.3 Å². The van der Waals surface area contributed by atoms with Crippen molar-refractivity contribution in [2.75, 3.05) is 13.1 Å². The van der Waals surface area contributed by atoms with Crippen molar-refractivity contribution < 1.29 is 14.4 Å². The molecule has 3 amide bonds. The molecule has 7 nitrogen and oxygen atoms in total. The second-order valence-corrected chi connectivity index (χ2v) is 8.75. The fourth-order valence-corrected chi connectivity index (χ4v) is 5.48. The summed E-state index contributed by atoms with van der Waals surface area (Å²) in [5.74, 6) is -0.0706. The van der Waals surface area contributed by atoms with Crippen LogP contribution in [0.3, 0.4) is 0 Å². The van der Waals surface area contributed by atoms with Crippen molar-refractivity contribution in [2.45, 2.75) is 56.8 Å². The lowest BCUT2D eigenvalue weighted by atomic mass is 9.61. The quantitative estimate of drug-likeness (QED) is 0.750. The Morgan fingerprint density at radius 2 is 2.04 bits per heavy atom. The van der Waals surface area contributed by atoms with Gasteiger partial charge in [-0.2, -0.15) is 0 Å². The van der Waals surface area contributed by atoms with Gasteiger partial charge in [0.25, 0.3) is 5.91 Å². The molecule has 4 aliphatic rings. The van der Waals surface area contributed by atoms with Crippen LogP contribution >= 0.6 is 0 Å². The van der Waals surface area contributed by atoms with Crippen molar-refractivity contribution in [3.05, 3.63) is 34.9 Å². The largest absolute Gasteiger partial charge is 0.330 e. The zero-order valence-corrected chi connectivity index (χ0v) is 15.9. The number of carbonyl (C=O) groups excluding carboxylic acids is 3. The Morgan fingerprint density at radius 1 is 1.21 bits per heavy atom. The molecule has 1 aromatic rings. The van der Waals surface area contributed by atoms with E-state index in [0.717, 1.165) is 25.2 Å². The van der Waals surface area contributed by atoms with Gasteiger partial charge in [-0.15, -0.1) is 0 Å². The second kappa shape index (κ2) is 6.39. The Kier molecular flexibility index (Phi) is 4.07. The number of nitrogens with one attached hydrogen (secondary N) is 1. The van der Waals surface area contributed by atoms with Gasteiger partial charge in [-0.25, -0.2) is 0 Å². The number of fused-ring (bicyclic) bond motifs is 1. The van der Waals surface area contributed by atoms with Crippen LogP contribution in [-0.4, -0.2) is 52.2 Å². The lowest BCUT2D eigenvalue weighted by molar-refractivity contribution is -0.136. The van der Waals surface area contributed by atoms with Gasteiger partial charge in [0, 0.05) is 37.2 Å². The zero-order valence-electron chi connectivity index (χ0n) is 15.9. The number of amides is 3. The van der Waals surface area contributed by atoms with E-state index >= 15 is 0 Å². The first-order valence-electron chi connectivity index (χ1n) is 10.2. The third-order valence-electron chi connectivity index (χ3n) is 7.23. The van der Waals surface area contributed by atoms with Crippen LogP contribution in [0.25, 0.3) is 0 Å². The maximum Gasteiger partial charge on any atom is 0.255 e. The Balaban J connectivity index is 1.34. The molecule has 148 valence electrons. The number of hydrogen-bond donors (Lipinski definition) is 2. The van der Waals surface area contributed by atoms with E-state index in [2.05, 4.69) is 16.3 Å². The summed E-state index contributed by atoms with van der Waals surface area (Å²) in [6, 6.07) is 5.34. The van der Waals surface area contributed by atoms with Crippen molar-refractivity contribution in [1.82, 2.24) is 15.1 Å². The fourth-order valence-electron chi connectivity index (χ4n) is 5.48. The molecule has 0 radical (unpaired) electrons. The Labute approximate surface area is 164 Å². The molecule has 5 rings (SSSR count). The van der Waals surface area contributed by atoms with E-state index in [1.807, 2.05) is 12.1 Å². The van der Waals surface area contributed by atoms with Gasteiger partial charge >= 0.3 is 0 Å². The number of rotatable bonds is 4. The summed E-state index contributed by atoms with van der Waals surface area (Å²) in [6.07, 6.45) is 4.27. The third kappa shape index (κ3) is 2.60. The van der Waals surface area contributed by atoms with Gasteiger partial charge in [0.05, 0.1) is 0 Å². The number of benzene rings is 1. The maximum atomic E-state index is 13.0. The van der Waals surface area contributed by atoms with Gasteiger partial charge in [0.1, 0.15) is 6.04 Å². The van der Waals surface area contributed by atoms with E-state index in [-0.39, 0.29) is 24.1 Å². The van der Waals surface area contributed by atoms with Crippen LogP contribution in [-0.2, 0) is 22.7 Å². The summed E-state index contributed by atoms with van der Waals surface area (Å²) in [6.45, 7) is 3.15. The molecule has 1 unspecified atom stereocenters. The average molecular weight is 382 g/mol. The van der Waals surface area contributed by atoms with E-state index in [1.165, 1.54) is 24.8 Å². The van der Waals surface area contributed by atoms with Crippen molar-refractivity contribution in [3.63, 3.8) is 0 Å². The lowest BCUT2D eigenvalue weighted by Crippen LogP contribution is -2.66. The molecule has 3 heterocycles. The van der Waals surface area contributed by atoms with Gasteiger partial charge in [0.2, 0.25) is 11.8 Å². The molecule has 1 saturated carbocycles. The first kappa shape index (κ1) is 17.8. The van der Waals surface area contributed by atoms with Crippen LogP contribution in [0.15, 0.2) is 18.2 Å². The maximum absolute atomic E-state index is 13.0. The zero-order chi connectivity index (χ0) is 19.5. The summed E-state index contributed by atoms with van der Waals surface area (Å²) >= 11 is 0. The molecule has 0 bridgehead atoms. The monoisotopic (exact) mass is 382 g/mol. The Hall–Kier alpha value is -2.25. The van der Waals surface area contributed by atoms with E-state index in [1.54, 1.807) is 4.90 Å². The number of nitrogens with two attached hydrogens (primary N) is 1. The summed E-state index contributed by atoms with van der Waals surface area (Å²) in [4.78, 5) is 40.8. The second-order valence-electron chi connectivity index (χ2n) is 8.75. The summed E-state index contributed by atoms with van der Waals surface area (Å²) in [5.41, 5.74) is 9.04. The first-order chi connectivity index (χ1) is 13.5. The highest BCUT2D eigenvalue weighted by molar-refractivity contribution is 6.05. The van der Waals surface area contributed by atoms with Crippen molar-refractivity contribution in [1.29, 1.82) is 0 Å². The normalized spacial score (nSPS) is 32.2. The molecular weight excluding hydrogens is 356 g/mol. The number of nitrogens with zero attached hydrogens (tertiary/aromatic N) is 2. The number of imide groups is 1. The smallest absolute Gasteiger partial charge is 0.255 e. The molecule has 3 N–H and O–H groups in total. The number of hydrogen-bond acceptors (Lipinski definition) is 5. The molecule has 1 aromatic carbocycles. The topological polar surface area (TPSA) is 95.7 Å². The van der Waals surface area contributed by atoms with E-state index < -0.39 is 6.04 Å². The highest BCUT2D eigenvalue weighted by Gasteiger charge is 2.53. The van der Waals surface area contributed by atoms with Crippen molar-refractivity contribution in [2.24, 2.45) is 11.7 Å². The van der Waals surface area contributed by atoms with E-state index in [4.69, 9.17) is 5.73 Å². The van der Waals surface area contributed by atoms with E-state index in [9.17, 15) is 14.4 Å². The molecule has 2 saturated heterocycles. The molecule has 1 atom stereocenters. The standard InChI is InChI=1S/C21H26N4O3/c22-10-13-8-21(9-13)6-7-24(21)11-14-2-1-3-15-16(14)12-25(20(15)28)17-4-5-18(26)23-19(17)27/h1-3,13,17H,4-12,22H2,(H,23,26,27). The number of piperidine rings is 1. The summed E-state index contributed by atoms with van der Waals surface area (Å²) in [5, 5.41) is 2.36. The van der Waals surface area contributed by atoms with Crippen LogP contribution in [0.2, 0.25) is 0 Å². The van der Waals surface area contributed by atoms with Gasteiger partial charge in [-0.1, -0.05) is 12.1 Å². The predicted octanol–water partition coefficient (Wildman–Crippen LogP) is 0.761. The molecule has 3 aliphatic heterocycles. The third-order valence-corrected chi connectivity index (χ3v) is 7.23. The number of carbonyl (C=O) groups is 3. The average Bonchev–Trinajstić information content (AvgIpc) is 2.96. The van der Waals surface area contributed by atoms with Crippen molar-refractivity contribution >= 4 is 17.7 Å². The SMILES string of the molecule is NCC1CC2(CCN2Cc2cccc3c2CN(C2CCC(=O)NC2=O)C3=O)C1. The lowest BCUT2D eigenvalue weighted by Gasteiger charge is -2.62. The van der Waals surface area contributed by atoms with E-state index in [0.29, 0.717) is 30.0 Å². The molecular formula is C21H26N4O3. The minimum atomic E-state index is -0.558. The van der Waals surface area contributed by atoms with Gasteiger partial charge < -0.3 is 10.6 Å². The molecule has 0 aromatic heterocycles. The molecule has 28 heavy (non-hydrogen) atoms. The van der Waals surface area contributed by atoms with Crippen LogP contribution in [0, 0.1) is 5.92 Å². The van der Waals surface area contributed by atoms with Crippen LogP contribution in [0.1, 0.15) is 53.6 Å². The molecule has 1 spiro atoms. The predicted molar refractivity (Wildman–Crippen MR) is 102 cm³/mol. The Bertz CT molecular complexity index is 861. The minimum Gasteiger partial charge on any atom is -0.330 e. The summed E-state index contributed by atoms with van der Waals surface area (Å²) in [7, 11) is 0. The summed E-state index contributed by atoms with van der Waals surface area (Å²) < 4.78 is 0. The van der Waals surface area contributed by atoms with Crippen LogP contribution in [0.5, 0.6) is 0 Å². The first-order valence-corrected chi connectivity index (χ1v) is 10.2. The van der Waals surface area contributed by atoms with Crippen LogP contribution < -0.4 is 11.1 Å². The highest BCUT2D eigenvalue weighted by atomic mass is 16.2. The molecule has 3 fully saturated rings. The highest BCUT2D eigenvalue weighted by Crippen LogP contribution is 2.51. The molecule has 7 heteroatoms. The minimum absolute atomic E-state index is 0.100. The van der Waals surface area contributed by atoms with Gasteiger partial charge in [-0.3, -0.25) is 24.6 Å². The van der Waals surface area contributed by atoms with Gasteiger partial charge in [0.15, 0.2) is 0 Å². The van der Waals surface area contributed by atoms with Crippen LogP contribution in [0.4, 0.5) is 0 Å². The fraction of sp³-hybridized carbons (Fsp3) is 0.571. The Morgan fingerprint density at radius 3 is 2.71 bits per heavy atom. The van der Waals surface area contributed by atoms with Crippen molar-refractivity contribution in [3.8, 4) is 0 Å². The molecule has 1 aliphatic carbocycles.